The van der Waals surface area contributed by atoms with Crippen molar-refractivity contribution in [2.45, 2.75) is 65.3 Å². The van der Waals surface area contributed by atoms with Gasteiger partial charge in [0.25, 0.3) is 0 Å². The zero-order chi connectivity index (χ0) is 26.0. The lowest BCUT2D eigenvalue weighted by atomic mass is 9.99. The Kier molecular flexibility index (Phi) is 9.89. The summed E-state index contributed by atoms with van der Waals surface area (Å²) < 4.78 is 5.24. The smallest absolute Gasteiger partial charge is 0.408 e. The molecule has 186 valence electrons. The molecule has 0 heterocycles. The van der Waals surface area contributed by atoms with Gasteiger partial charge < -0.3 is 20.3 Å². The number of nitrogens with zero attached hydrogens (tertiary/aromatic N) is 1. The second-order valence-corrected chi connectivity index (χ2v) is 9.29. The highest BCUT2D eigenvalue weighted by Gasteiger charge is 2.34. The molecule has 3 amide bonds. The van der Waals surface area contributed by atoms with E-state index >= 15 is 0 Å². The van der Waals surface area contributed by atoms with Crippen LogP contribution in [0.5, 0.6) is 0 Å². The Hall–Kier alpha value is -3.79. The normalized spacial score (nSPS) is 12.6. The quantitative estimate of drug-likeness (QED) is 0.531. The lowest BCUT2D eigenvalue weighted by molar-refractivity contribution is -0.142. The molecule has 0 bridgehead atoms. The van der Waals surface area contributed by atoms with Crippen molar-refractivity contribution in [3.63, 3.8) is 0 Å². The first kappa shape index (κ1) is 27.5. The van der Waals surface area contributed by atoms with E-state index in [9.17, 15) is 14.4 Å². The van der Waals surface area contributed by atoms with Gasteiger partial charge in [0, 0.05) is 18.2 Å². The number of ether oxygens (including phenoxy) is 1. The van der Waals surface area contributed by atoms with Gasteiger partial charge in [-0.05, 0) is 57.4 Å². The number of benzene rings is 2. The van der Waals surface area contributed by atoms with E-state index in [4.69, 9.17) is 11.2 Å². The monoisotopic (exact) mass is 477 g/mol. The summed E-state index contributed by atoms with van der Waals surface area (Å²) in [5.74, 6) is 1.84. The van der Waals surface area contributed by atoms with Gasteiger partial charge in [-0.15, -0.1) is 6.42 Å². The van der Waals surface area contributed by atoms with Gasteiger partial charge in [-0.25, -0.2) is 4.79 Å². The standard InChI is InChI=1S/C28H35N3O4/c1-7-20(3)31(24(32)19-30-27(34)35-28(4,5)6)25(23-16-14-21(8-2)15-17-23)26(33)29-18-22-12-10-9-11-13-22/h2,9-17,20,25H,7,18-19H2,1,3-6H3,(H,29,33)(H,30,34). The van der Waals surface area contributed by atoms with Crippen LogP contribution in [0.3, 0.4) is 0 Å². The molecule has 2 aromatic carbocycles. The molecule has 0 aliphatic heterocycles. The number of nitrogens with one attached hydrogen (secondary N) is 2. The van der Waals surface area contributed by atoms with Crippen LogP contribution in [-0.4, -0.2) is 41.0 Å². The highest BCUT2D eigenvalue weighted by molar-refractivity contribution is 5.90. The van der Waals surface area contributed by atoms with E-state index in [1.54, 1.807) is 45.0 Å². The average Bonchev–Trinajstić information content (AvgIpc) is 2.83. The first-order valence-electron chi connectivity index (χ1n) is 11.7. The molecule has 7 heteroatoms. The summed E-state index contributed by atoms with van der Waals surface area (Å²) in [5.41, 5.74) is 1.54. The molecule has 7 nitrogen and oxygen atoms in total. The number of hydrogen-bond donors (Lipinski definition) is 2. The fourth-order valence-corrected chi connectivity index (χ4v) is 3.48. The lowest BCUT2D eigenvalue weighted by Crippen LogP contribution is -2.51. The number of hydrogen-bond acceptors (Lipinski definition) is 4. The number of carbonyl (C=O) groups is 3. The topological polar surface area (TPSA) is 87.7 Å². The fourth-order valence-electron chi connectivity index (χ4n) is 3.48. The van der Waals surface area contributed by atoms with Crippen molar-refractivity contribution in [1.82, 2.24) is 15.5 Å². The molecule has 0 radical (unpaired) electrons. The van der Waals surface area contributed by atoms with Gasteiger partial charge in [0.1, 0.15) is 18.2 Å². The summed E-state index contributed by atoms with van der Waals surface area (Å²) in [5, 5.41) is 5.46. The van der Waals surface area contributed by atoms with Crippen molar-refractivity contribution in [3.8, 4) is 12.3 Å². The van der Waals surface area contributed by atoms with Crippen LogP contribution in [0.1, 0.15) is 63.8 Å². The molecule has 0 saturated carbocycles. The predicted octanol–water partition coefficient (Wildman–Crippen LogP) is 4.18. The second kappa shape index (κ2) is 12.6. The third kappa shape index (κ3) is 8.49. The van der Waals surface area contributed by atoms with Crippen LogP contribution in [0.15, 0.2) is 54.6 Å². The largest absolute Gasteiger partial charge is 0.444 e. The van der Waals surface area contributed by atoms with Crippen molar-refractivity contribution < 1.29 is 19.1 Å². The average molecular weight is 478 g/mol. The van der Waals surface area contributed by atoms with E-state index in [2.05, 4.69) is 16.6 Å². The molecule has 0 saturated heterocycles. The van der Waals surface area contributed by atoms with Gasteiger partial charge in [-0.1, -0.05) is 55.3 Å². The van der Waals surface area contributed by atoms with Gasteiger partial charge >= 0.3 is 6.09 Å². The summed E-state index contributed by atoms with van der Waals surface area (Å²) in [6.45, 7) is 9.05. The Morgan fingerprint density at radius 1 is 1.03 bits per heavy atom. The molecule has 0 aliphatic rings. The maximum Gasteiger partial charge on any atom is 0.408 e. The summed E-state index contributed by atoms with van der Waals surface area (Å²) in [4.78, 5) is 40.5. The van der Waals surface area contributed by atoms with E-state index < -0.39 is 23.6 Å². The van der Waals surface area contributed by atoms with Crippen LogP contribution >= 0.6 is 0 Å². The predicted molar refractivity (Wildman–Crippen MR) is 136 cm³/mol. The Balaban J connectivity index is 2.33. The van der Waals surface area contributed by atoms with E-state index in [0.717, 1.165) is 5.56 Å². The Morgan fingerprint density at radius 3 is 2.20 bits per heavy atom. The molecule has 0 aliphatic carbocycles. The van der Waals surface area contributed by atoms with Crippen molar-refractivity contribution >= 4 is 17.9 Å². The molecule has 0 fully saturated rings. The minimum Gasteiger partial charge on any atom is -0.444 e. The Morgan fingerprint density at radius 2 is 1.66 bits per heavy atom. The minimum absolute atomic E-state index is 0.275. The van der Waals surface area contributed by atoms with Crippen LogP contribution in [-0.2, 0) is 20.9 Å². The van der Waals surface area contributed by atoms with E-state index in [0.29, 0.717) is 24.1 Å². The summed E-state index contributed by atoms with van der Waals surface area (Å²) >= 11 is 0. The molecule has 2 atom stereocenters. The maximum atomic E-state index is 13.5. The third-order valence-electron chi connectivity index (χ3n) is 5.37. The van der Waals surface area contributed by atoms with Crippen molar-refractivity contribution in [2.24, 2.45) is 0 Å². The SMILES string of the molecule is C#Cc1ccc(C(C(=O)NCc2ccccc2)N(C(=O)CNC(=O)OC(C)(C)C)C(C)CC)cc1. The van der Waals surface area contributed by atoms with Crippen LogP contribution in [0.4, 0.5) is 4.79 Å². The van der Waals surface area contributed by atoms with Crippen LogP contribution in [0.25, 0.3) is 0 Å². The van der Waals surface area contributed by atoms with Gasteiger partial charge in [0.15, 0.2) is 0 Å². The van der Waals surface area contributed by atoms with E-state index in [1.165, 1.54) is 4.90 Å². The maximum absolute atomic E-state index is 13.5. The van der Waals surface area contributed by atoms with Gasteiger partial charge in [0.2, 0.25) is 11.8 Å². The molecule has 0 spiro atoms. The number of alkyl carbamates (subject to hydrolysis) is 1. The Bertz CT molecular complexity index is 1040. The minimum atomic E-state index is -0.909. The van der Waals surface area contributed by atoms with E-state index in [-0.39, 0.29) is 18.5 Å². The van der Waals surface area contributed by atoms with E-state index in [1.807, 2.05) is 44.2 Å². The molecule has 2 N–H and O–H groups in total. The fraction of sp³-hybridized carbons (Fsp3) is 0.393. The third-order valence-corrected chi connectivity index (χ3v) is 5.37. The first-order valence-corrected chi connectivity index (χ1v) is 11.7. The zero-order valence-electron chi connectivity index (χ0n) is 21.1. The highest BCUT2D eigenvalue weighted by atomic mass is 16.6. The van der Waals surface area contributed by atoms with Gasteiger partial charge in [0.05, 0.1) is 0 Å². The molecule has 0 aromatic heterocycles. The lowest BCUT2D eigenvalue weighted by Gasteiger charge is -2.36. The van der Waals surface area contributed by atoms with Crippen LogP contribution in [0.2, 0.25) is 0 Å². The number of amides is 3. The molecular weight excluding hydrogens is 442 g/mol. The second-order valence-electron chi connectivity index (χ2n) is 9.29. The van der Waals surface area contributed by atoms with Crippen LogP contribution < -0.4 is 10.6 Å². The Labute approximate surface area is 208 Å². The number of carbonyl (C=O) groups excluding carboxylic acids is 3. The van der Waals surface area contributed by atoms with Crippen molar-refractivity contribution in [3.05, 3.63) is 71.3 Å². The van der Waals surface area contributed by atoms with Gasteiger partial charge in [-0.3, -0.25) is 9.59 Å². The van der Waals surface area contributed by atoms with Gasteiger partial charge in [-0.2, -0.15) is 0 Å². The van der Waals surface area contributed by atoms with Crippen LogP contribution in [0, 0.1) is 12.3 Å². The van der Waals surface area contributed by atoms with Crippen molar-refractivity contribution in [2.75, 3.05) is 6.54 Å². The molecule has 2 unspecified atom stereocenters. The summed E-state index contributed by atoms with van der Waals surface area (Å²) in [6.07, 6.45) is 5.41. The van der Waals surface area contributed by atoms with Crippen molar-refractivity contribution in [1.29, 1.82) is 0 Å². The molecule has 2 aromatic rings. The summed E-state index contributed by atoms with van der Waals surface area (Å²) in [6, 6.07) is 15.3. The first-order chi connectivity index (χ1) is 16.6. The molecule has 35 heavy (non-hydrogen) atoms. The zero-order valence-corrected chi connectivity index (χ0v) is 21.1. The number of terminal acetylenes is 1. The highest BCUT2D eigenvalue weighted by Crippen LogP contribution is 2.26. The molecule has 2 rings (SSSR count). The number of rotatable bonds is 9. The summed E-state index contributed by atoms with van der Waals surface area (Å²) in [7, 11) is 0. The molecular formula is C28H35N3O4.